The van der Waals surface area contributed by atoms with Crippen molar-refractivity contribution in [1.29, 1.82) is 0 Å². The Labute approximate surface area is 109 Å². The topological polar surface area (TPSA) is 9.23 Å². The van der Waals surface area contributed by atoms with E-state index in [2.05, 4.69) is 12.6 Å². The van der Waals surface area contributed by atoms with Gasteiger partial charge in [0, 0.05) is 5.92 Å². The van der Waals surface area contributed by atoms with Gasteiger partial charge in [-0.25, -0.2) is 4.39 Å². The number of hydrogen-bond acceptors (Lipinski definition) is 2. The molecule has 0 fully saturated rings. The van der Waals surface area contributed by atoms with Gasteiger partial charge < -0.3 is 4.74 Å². The molecule has 0 aliphatic rings. The predicted molar refractivity (Wildman–Crippen MR) is 64.5 cm³/mol. The van der Waals surface area contributed by atoms with Crippen molar-refractivity contribution < 1.29 is 22.3 Å². The van der Waals surface area contributed by atoms with Crippen LogP contribution in [0.25, 0.3) is 0 Å². The van der Waals surface area contributed by atoms with Crippen LogP contribution in [-0.4, -0.2) is 12.4 Å². The highest BCUT2D eigenvalue weighted by atomic mass is 32.1. The van der Waals surface area contributed by atoms with Gasteiger partial charge >= 0.3 is 6.18 Å². The molecule has 0 spiro atoms. The van der Waals surface area contributed by atoms with E-state index in [-0.39, 0.29) is 18.3 Å². The van der Waals surface area contributed by atoms with Gasteiger partial charge in [-0.2, -0.15) is 25.8 Å². The Morgan fingerprint density at radius 2 is 2.00 bits per heavy atom. The molecule has 1 aromatic rings. The molecule has 6 heteroatoms. The van der Waals surface area contributed by atoms with Gasteiger partial charge in [0.25, 0.3) is 0 Å². The molecule has 0 N–H and O–H groups in total. The molecule has 0 radical (unpaired) electrons. The number of thiol groups is 1. The summed E-state index contributed by atoms with van der Waals surface area (Å²) in [4.78, 5) is 0. The van der Waals surface area contributed by atoms with Crippen LogP contribution in [0.5, 0.6) is 5.75 Å². The van der Waals surface area contributed by atoms with E-state index in [1.165, 1.54) is 6.07 Å². The summed E-state index contributed by atoms with van der Waals surface area (Å²) in [5.74, 6) is -0.531. The first kappa shape index (κ1) is 15.1. The summed E-state index contributed by atoms with van der Waals surface area (Å²) in [6, 6.07) is 2.64. The maximum absolute atomic E-state index is 13.0. The summed E-state index contributed by atoms with van der Waals surface area (Å²) in [6.07, 6.45) is -3.89. The van der Waals surface area contributed by atoms with E-state index in [1.807, 2.05) is 6.92 Å². The van der Waals surface area contributed by atoms with Crippen LogP contribution >= 0.6 is 12.6 Å². The third-order valence-electron chi connectivity index (χ3n) is 2.56. The molecule has 0 aromatic heterocycles. The lowest BCUT2D eigenvalue weighted by Crippen LogP contribution is -2.14. The smallest absolute Gasteiger partial charge is 0.419 e. The fourth-order valence-corrected chi connectivity index (χ4v) is 1.69. The average molecular weight is 282 g/mol. The lowest BCUT2D eigenvalue weighted by molar-refractivity contribution is -0.140. The second-order valence-corrected chi connectivity index (χ2v) is 4.27. The third-order valence-corrected chi connectivity index (χ3v) is 3.08. The van der Waals surface area contributed by atoms with Crippen molar-refractivity contribution in [2.24, 2.45) is 5.92 Å². The first-order chi connectivity index (χ1) is 8.38. The van der Waals surface area contributed by atoms with Gasteiger partial charge in [0.05, 0.1) is 12.2 Å². The summed E-state index contributed by atoms with van der Waals surface area (Å²) < 4.78 is 55.6. The largest absolute Gasteiger partial charge is 0.493 e. The number of halogens is 4. The Morgan fingerprint density at radius 1 is 1.33 bits per heavy atom. The molecular weight excluding hydrogens is 268 g/mol. The summed E-state index contributed by atoms with van der Waals surface area (Å²) in [7, 11) is 0. The van der Waals surface area contributed by atoms with E-state index < -0.39 is 17.6 Å². The van der Waals surface area contributed by atoms with Crippen LogP contribution in [0.1, 0.15) is 18.9 Å². The molecule has 0 aliphatic heterocycles. The van der Waals surface area contributed by atoms with Crippen molar-refractivity contribution in [3.63, 3.8) is 0 Å². The van der Waals surface area contributed by atoms with Gasteiger partial charge in [-0.1, -0.05) is 6.92 Å². The van der Waals surface area contributed by atoms with Gasteiger partial charge in [0.15, 0.2) is 0 Å². The van der Waals surface area contributed by atoms with Gasteiger partial charge in [0.2, 0.25) is 0 Å². The number of ether oxygens (including phenoxy) is 1. The number of hydrogen-bond donors (Lipinski definition) is 1. The Kier molecular flexibility index (Phi) is 5.31. The fraction of sp³-hybridized carbons (Fsp3) is 0.500. The molecule has 18 heavy (non-hydrogen) atoms. The maximum Gasteiger partial charge on any atom is 0.419 e. The standard InChI is InChI=1S/C12H14F4OS/c1-2-8(7-18)6-17-9-3-4-11(13)10(5-9)12(14,15)16/h3-5,8,18H,2,6-7H2,1H3. The first-order valence-corrected chi connectivity index (χ1v) is 6.12. The zero-order valence-corrected chi connectivity index (χ0v) is 10.7. The fourth-order valence-electron chi connectivity index (χ4n) is 1.33. The molecule has 1 atom stereocenters. The van der Waals surface area contributed by atoms with Crippen LogP contribution in [0, 0.1) is 11.7 Å². The maximum atomic E-state index is 13.0. The molecule has 0 aliphatic carbocycles. The summed E-state index contributed by atoms with van der Waals surface area (Å²) in [5, 5.41) is 0. The van der Waals surface area contributed by atoms with Crippen molar-refractivity contribution in [2.45, 2.75) is 19.5 Å². The SMILES string of the molecule is CCC(CS)COc1ccc(F)c(C(F)(F)F)c1. The number of alkyl halides is 3. The van der Waals surface area contributed by atoms with Gasteiger partial charge in [-0.15, -0.1) is 0 Å². The quantitative estimate of drug-likeness (QED) is 0.629. The molecule has 1 aromatic carbocycles. The molecule has 1 nitrogen and oxygen atoms in total. The van der Waals surface area contributed by atoms with Crippen LogP contribution < -0.4 is 4.74 Å². The Morgan fingerprint density at radius 3 is 2.50 bits per heavy atom. The Bertz CT molecular complexity index is 388. The minimum absolute atomic E-state index is 0.0176. The van der Waals surface area contributed by atoms with E-state index >= 15 is 0 Å². The average Bonchev–Trinajstić information content (AvgIpc) is 2.31. The van der Waals surface area contributed by atoms with Crippen molar-refractivity contribution in [2.75, 3.05) is 12.4 Å². The molecule has 0 bridgehead atoms. The highest BCUT2D eigenvalue weighted by Gasteiger charge is 2.34. The lowest BCUT2D eigenvalue weighted by atomic mass is 10.1. The van der Waals surface area contributed by atoms with E-state index in [4.69, 9.17) is 4.74 Å². The van der Waals surface area contributed by atoms with Crippen LogP contribution in [-0.2, 0) is 6.18 Å². The van der Waals surface area contributed by atoms with Crippen molar-refractivity contribution in [1.82, 2.24) is 0 Å². The van der Waals surface area contributed by atoms with Crippen molar-refractivity contribution in [3.05, 3.63) is 29.6 Å². The second kappa shape index (κ2) is 6.31. The molecule has 1 unspecified atom stereocenters. The summed E-state index contributed by atoms with van der Waals surface area (Å²) in [6.45, 7) is 2.21. The Balaban J connectivity index is 2.80. The summed E-state index contributed by atoms with van der Waals surface area (Å²) in [5.41, 5.74) is -1.31. The minimum atomic E-state index is -4.71. The van der Waals surface area contributed by atoms with Gasteiger partial charge in [-0.05, 0) is 30.4 Å². The zero-order chi connectivity index (χ0) is 13.8. The normalized spacial score (nSPS) is 13.4. The highest BCUT2D eigenvalue weighted by molar-refractivity contribution is 7.80. The van der Waals surface area contributed by atoms with Crippen LogP contribution in [0.4, 0.5) is 17.6 Å². The molecular formula is C12H14F4OS. The predicted octanol–water partition coefficient (Wildman–Crippen LogP) is 4.18. The van der Waals surface area contributed by atoms with Crippen LogP contribution in [0.2, 0.25) is 0 Å². The molecule has 1 rings (SSSR count). The lowest BCUT2D eigenvalue weighted by Gasteiger charge is -2.15. The highest BCUT2D eigenvalue weighted by Crippen LogP contribution is 2.33. The van der Waals surface area contributed by atoms with E-state index in [1.54, 1.807) is 0 Å². The van der Waals surface area contributed by atoms with E-state index in [0.29, 0.717) is 11.8 Å². The number of rotatable bonds is 5. The van der Waals surface area contributed by atoms with E-state index in [9.17, 15) is 17.6 Å². The summed E-state index contributed by atoms with van der Waals surface area (Å²) >= 11 is 4.10. The van der Waals surface area contributed by atoms with Crippen LogP contribution in [0.15, 0.2) is 18.2 Å². The first-order valence-electron chi connectivity index (χ1n) is 5.48. The van der Waals surface area contributed by atoms with Gasteiger partial charge in [0.1, 0.15) is 11.6 Å². The second-order valence-electron chi connectivity index (χ2n) is 3.91. The van der Waals surface area contributed by atoms with Crippen molar-refractivity contribution >= 4 is 12.6 Å². The number of benzene rings is 1. The molecule has 0 saturated carbocycles. The third kappa shape index (κ3) is 4.08. The minimum Gasteiger partial charge on any atom is -0.493 e. The molecule has 0 heterocycles. The van der Waals surface area contributed by atoms with Crippen LogP contribution in [0.3, 0.4) is 0 Å². The molecule has 0 saturated heterocycles. The Hall–Kier alpha value is -0.910. The molecule has 102 valence electrons. The monoisotopic (exact) mass is 282 g/mol. The van der Waals surface area contributed by atoms with E-state index in [0.717, 1.165) is 12.5 Å². The molecule has 0 amide bonds. The van der Waals surface area contributed by atoms with Crippen molar-refractivity contribution in [3.8, 4) is 5.75 Å². The van der Waals surface area contributed by atoms with Gasteiger partial charge in [-0.3, -0.25) is 0 Å². The zero-order valence-electron chi connectivity index (χ0n) is 9.80.